The molecule has 39 heavy (non-hydrogen) atoms. The Morgan fingerprint density at radius 3 is 2.59 bits per heavy atom. The Morgan fingerprint density at radius 1 is 1.08 bits per heavy atom. The van der Waals surface area contributed by atoms with Gasteiger partial charge in [0.25, 0.3) is 5.91 Å². The predicted octanol–water partition coefficient (Wildman–Crippen LogP) is 4.16. The van der Waals surface area contributed by atoms with Crippen molar-refractivity contribution >= 4 is 35.0 Å². The molecule has 10 heteroatoms. The molecule has 2 N–H and O–H groups in total. The molecule has 0 spiro atoms. The second kappa shape index (κ2) is 10.8. The van der Waals surface area contributed by atoms with E-state index >= 15 is 4.39 Å². The third kappa shape index (κ3) is 5.48. The second-order valence-corrected chi connectivity index (χ2v) is 11.4. The monoisotopic (exact) mass is 552 g/mol. The fourth-order valence-corrected chi connectivity index (χ4v) is 5.94. The number of amides is 2. The van der Waals surface area contributed by atoms with Crippen LogP contribution in [-0.2, 0) is 11.3 Å². The lowest BCUT2D eigenvalue weighted by Gasteiger charge is -2.31. The van der Waals surface area contributed by atoms with E-state index in [4.69, 9.17) is 11.8 Å². The third-order valence-corrected chi connectivity index (χ3v) is 8.62. The molecular weight excluding hydrogens is 519 g/mol. The summed E-state index contributed by atoms with van der Waals surface area (Å²) in [5.74, 6) is 0.829. The zero-order valence-corrected chi connectivity index (χ0v) is 22.9. The van der Waals surface area contributed by atoms with E-state index in [-0.39, 0.29) is 29.8 Å². The summed E-state index contributed by atoms with van der Waals surface area (Å²) in [6, 6.07) is 12.0. The van der Waals surface area contributed by atoms with Crippen molar-refractivity contribution in [1.29, 1.82) is 0 Å². The minimum absolute atomic E-state index is 0.0201. The highest BCUT2D eigenvalue weighted by Crippen LogP contribution is 2.36. The van der Waals surface area contributed by atoms with Gasteiger partial charge in [-0.05, 0) is 69.0 Å². The number of hydrazine groups is 1. The highest BCUT2D eigenvalue weighted by atomic mass is 35.5. The van der Waals surface area contributed by atoms with Gasteiger partial charge in [-0.3, -0.25) is 14.6 Å². The molecule has 2 aromatic carbocycles. The molecule has 1 saturated heterocycles. The maximum atomic E-state index is 15.2. The average molecular weight is 553 g/mol. The van der Waals surface area contributed by atoms with E-state index in [2.05, 4.69) is 15.5 Å². The zero-order chi connectivity index (χ0) is 27.1. The van der Waals surface area contributed by atoms with Crippen LogP contribution in [0.3, 0.4) is 0 Å². The average Bonchev–Trinajstić information content (AvgIpc) is 3.74. The number of para-hydroxylation sites is 2. The van der Waals surface area contributed by atoms with E-state index in [0.717, 1.165) is 55.5 Å². The first-order chi connectivity index (χ1) is 18.9. The van der Waals surface area contributed by atoms with Gasteiger partial charge in [0, 0.05) is 54.5 Å². The third-order valence-electron chi connectivity index (χ3n) is 8.27. The first-order valence-electron chi connectivity index (χ1n) is 13.7. The minimum Gasteiger partial charge on any atom is -0.352 e. The number of anilines is 2. The Hall–Kier alpha value is -3.14. The number of likely N-dealkylation sites (tertiary alicyclic amines) is 1. The summed E-state index contributed by atoms with van der Waals surface area (Å²) < 4.78 is 16.7. The van der Waals surface area contributed by atoms with Crippen LogP contribution < -0.4 is 15.5 Å². The van der Waals surface area contributed by atoms with Crippen molar-refractivity contribution in [3.8, 4) is 0 Å². The van der Waals surface area contributed by atoms with Crippen molar-refractivity contribution in [2.45, 2.75) is 32.2 Å². The predicted molar refractivity (Wildman–Crippen MR) is 149 cm³/mol. The molecule has 8 nitrogen and oxygen atoms in total. The van der Waals surface area contributed by atoms with Gasteiger partial charge in [-0.25, -0.2) is 4.39 Å². The Kier molecular flexibility index (Phi) is 7.22. The molecule has 4 aliphatic rings. The normalized spacial score (nSPS) is 20.4. The summed E-state index contributed by atoms with van der Waals surface area (Å²) in [6.07, 6.45) is 4.36. The second-order valence-electron chi connectivity index (χ2n) is 11.0. The Balaban J connectivity index is 1.11. The van der Waals surface area contributed by atoms with Gasteiger partial charge in [-0.1, -0.05) is 18.2 Å². The number of hydrogen-bond acceptors (Lipinski definition) is 6. The van der Waals surface area contributed by atoms with Crippen molar-refractivity contribution in [1.82, 2.24) is 19.8 Å². The van der Waals surface area contributed by atoms with Gasteiger partial charge in [0.1, 0.15) is 11.6 Å². The molecular formula is C29H34ClFN6O2. The van der Waals surface area contributed by atoms with Crippen LogP contribution in [0.15, 0.2) is 53.9 Å². The van der Waals surface area contributed by atoms with Gasteiger partial charge < -0.3 is 20.4 Å². The lowest BCUT2D eigenvalue weighted by molar-refractivity contribution is -0.126. The fraction of sp³-hybridized carbons (Fsp3) is 0.448. The van der Waals surface area contributed by atoms with Gasteiger partial charge in [0.2, 0.25) is 5.91 Å². The number of nitrogens with one attached hydrogen (secondary N) is 2. The summed E-state index contributed by atoms with van der Waals surface area (Å²) in [5, 5.41) is 8.12. The van der Waals surface area contributed by atoms with E-state index in [9.17, 15) is 9.59 Å². The molecule has 1 aliphatic carbocycles. The van der Waals surface area contributed by atoms with Crippen molar-refractivity contribution in [3.05, 3.63) is 70.8 Å². The van der Waals surface area contributed by atoms with Crippen LogP contribution in [-0.4, -0.2) is 66.0 Å². The number of carbonyl (C=O) groups is 2. The molecule has 2 fully saturated rings. The highest BCUT2D eigenvalue weighted by molar-refractivity contribution is 6.13. The molecule has 3 heterocycles. The summed E-state index contributed by atoms with van der Waals surface area (Å²) in [4.78, 5) is 30.5. The number of nitrogens with zero attached hydrogens (tertiary/aromatic N) is 4. The van der Waals surface area contributed by atoms with E-state index < -0.39 is 5.82 Å². The summed E-state index contributed by atoms with van der Waals surface area (Å²) >= 11 is 6.32. The topological polar surface area (TPSA) is 71.2 Å². The molecule has 0 aromatic heterocycles. The van der Waals surface area contributed by atoms with Crippen LogP contribution in [0.1, 0.15) is 41.6 Å². The van der Waals surface area contributed by atoms with Crippen LogP contribution >= 0.6 is 11.8 Å². The standard InChI is InChI=1S/C29H34ClFN6O2/c1-34-27-23(18-37(34)30)17-36(26-5-3-2-4-25(26)33-27)29(39)21-8-9-22(24(31)14-21)15-32-28(38)20-10-12-35(13-11-20)16-19-6-7-19/h2-5,8-9,14,19-20,33H,6-7,10-13,15-18H2,1H3,(H,32,38). The number of carbonyl (C=O) groups excluding carboxylic acids is 2. The SMILES string of the molecule is CN1C2=C(CN(C(=O)c3ccc(CNC(=O)C4CCN(CC5CC5)CC4)c(F)c3)c3ccccc3N2)CN1Cl. The molecule has 2 aromatic rings. The van der Waals surface area contributed by atoms with Crippen molar-refractivity contribution in [2.75, 3.05) is 50.0 Å². The van der Waals surface area contributed by atoms with Gasteiger partial charge in [-0.2, -0.15) is 0 Å². The Morgan fingerprint density at radius 2 is 1.85 bits per heavy atom. The lowest BCUT2D eigenvalue weighted by Crippen LogP contribution is -2.41. The van der Waals surface area contributed by atoms with Gasteiger partial charge in [0.15, 0.2) is 0 Å². The zero-order valence-electron chi connectivity index (χ0n) is 22.1. The smallest absolute Gasteiger partial charge is 0.258 e. The first kappa shape index (κ1) is 26.1. The largest absolute Gasteiger partial charge is 0.352 e. The number of benzene rings is 2. The lowest BCUT2D eigenvalue weighted by atomic mass is 9.95. The molecule has 0 unspecified atom stereocenters. The van der Waals surface area contributed by atoms with Crippen LogP contribution in [0.4, 0.5) is 15.8 Å². The Labute approximate surface area is 233 Å². The highest BCUT2D eigenvalue weighted by Gasteiger charge is 2.34. The Bertz CT molecular complexity index is 1310. The first-order valence-corrected chi connectivity index (χ1v) is 14.1. The molecule has 206 valence electrons. The van der Waals surface area contributed by atoms with Gasteiger partial charge in [0.05, 0.1) is 24.5 Å². The maximum Gasteiger partial charge on any atom is 0.258 e. The fourth-order valence-electron chi connectivity index (χ4n) is 5.72. The number of piperidine rings is 1. The van der Waals surface area contributed by atoms with Crippen molar-refractivity contribution < 1.29 is 14.0 Å². The molecule has 3 aliphatic heterocycles. The van der Waals surface area contributed by atoms with Gasteiger partial charge >= 0.3 is 0 Å². The molecule has 0 bridgehead atoms. The van der Waals surface area contributed by atoms with Crippen LogP contribution in [0.5, 0.6) is 0 Å². The summed E-state index contributed by atoms with van der Waals surface area (Å²) in [7, 11) is 1.85. The maximum absolute atomic E-state index is 15.2. The molecule has 0 atom stereocenters. The molecule has 1 saturated carbocycles. The van der Waals surface area contributed by atoms with Crippen molar-refractivity contribution in [2.24, 2.45) is 11.8 Å². The molecule has 2 amide bonds. The summed E-state index contributed by atoms with van der Waals surface area (Å²) in [6.45, 7) is 3.95. The van der Waals surface area contributed by atoms with E-state index in [0.29, 0.717) is 24.3 Å². The van der Waals surface area contributed by atoms with Crippen molar-refractivity contribution in [3.63, 3.8) is 0 Å². The number of fused-ring (bicyclic) bond motifs is 1. The van der Waals surface area contributed by atoms with E-state index in [1.165, 1.54) is 18.9 Å². The van der Waals surface area contributed by atoms with Gasteiger partial charge in [-0.15, -0.1) is 4.53 Å². The van der Waals surface area contributed by atoms with Crippen LogP contribution in [0, 0.1) is 17.7 Å². The molecule has 6 rings (SSSR count). The van der Waals surface area contributed by atoms with E-state index in [1.807, 2.05) is 36.3 Å². The molecule has 0 radical (unpaired) electrons. The number of hydrogen-bond donors (Lipinski definition) is 2. The number of rotatable bonds is 6. The van der Waals surface area contributed by atoms with Crippen LogP contribution in [0.25, 0.3) is 0 Å². The van der Waals surface area contributed by atoms with E-state index in [1.54, 1.807) is 21.6 Å². The summed E-state index contributed by atoms with van der Waals surface area (Å²) in [5.41, 5.74) is 3.05. The number of halogens is 2. The quantitative estimate of drug-likeness (QED) is 0.524. The minimum atomic E-state index is -0.505. The van der Waals surface area contributed by atoms with Crippen LogP contribution in [0.2, 0.25) is 0 Å².